The van der Waals surface area contributed by atoms with Crippen LogP contribution in [-0.2, 0) is 6.54 Å². The first-order valence-corrected chi connectivity index (χ1v) is 8.14. The first-order valence-electron chi connectivity index (χ1n) is 7.77. The number of nitrogens with one attached hydrogen (secondary N) is 1. The standard InChI is InChI=1S/C17H22ClN3/c1-2-21(15-7-9-19-10-8-15)12-14-11-13-5-3-4-6-16(13)20-17(14)18/h3-6,11,15,19H,2,7-10,12H2,1H3. The monoisotopic (exact) mass is 303 g/mol. The highest BCUT2D eigenvalue weighted by atomic mass is 35.5. The van der Waals surface area contributed by atoms with E-state index in [0.717, 1.165) is 37.3 Å². The molecule has 0 aliphatic carbocycles. The maximum atomic E-state index is 6.39. The molecule has 0 unspecified atom stereocenters. The summed E-state index contributed by atoms with van der Waals surface area (Å²) >= 11 is 6.39. The molecule has 0 radical (unpaired) electrons. The molecule has 1 aromatic heterocycles. The molecule has 3 rings (SSSR count). The third-order valence-corrected chi connectivity index (χ3v) is 4.68. The summed E-state index contributed by atoms with van der Waals surface area (Å²) in [5, 5.41) is 5.23. The van der Waals surface area contributed by atoms with E-state index in [2.05, 4.69) is 34.3 Å². The van der Waals surface area contributed by atoms with Crippen molar-refractivity contribution in [1.29, 1.82) is 0 Å². The number of aromatic nitrogens is 1. The lowest BCUT2D eigenvalue weighted by atomic mass is 10.0. The Hall–Kier alpha value is -1.16. The summed E-state index contributed by atoms with van der Waals surface area (Å²) in [6, 6.07) is 11.0. The van der Waals surface area contributed by atoms with E-state index >= 15 is 0 Å². The highest BCUT2D eigenvalue weighted by molar-refractivity contribution is 6.30. The highest BCUT2D eigenvalue weighted by Gasteiger charge is 2.20. The van der Waals surface area contributed by atoms with E-state index in [4.69, 9.17) is 11.6 Å². The fourth-order valence-electron chi connectivity index (χ4n) is 3.14. The molecule has 2 aromatic rings. The number of halogens is 1. The minimum atomic E-state index is 0.640. The molecule has 112 valence electrons. The van der Waals surface area contributed by atoms with Crippen molar-refractivity contribution >= 4 is 22.5 Å². The Balaban J connectivity index is 1.83. The quantitative estimate of drug-likeness (QED) is 0.877. The van der Waals surface area contributed by atoms with Crippen molar-refractivity contribution in [3.8, 4) is 0 Å². The minimum absolute atomic E-state index is 0.640. The largest absolute Gasteiger partial charge is 0.317 e. The van der Waals surface area contributed by atoms with Crippen molar-refractivity contribution in [2.24, 2.45) is 0 Å². The molecule has 21 heavy (non-hydrogen) atoms. The zero-order valence-corrected chi connectivity index (χ0v) is 13.2. The molecule has 0 saturated carbocycles. The Morgan fingerprint density at radius 2 is 2.05 bits per heavy atom. The lowest BCUT2D eigenvalue weighted by Crippen LogP contribution is -2.42. The number of nitrogens with zero attached hydrogens (tertiary/aromatic N) is 2. The van der Waals surface area contributed by atoms with Crippen molar-refractivity contribution in [2.45, 2.75) is 32.4 Å². The Kier molecular flexibility index (Phi) is 4.73. The van der Waals surface area contributed by atoms with Crippen molar-refractivity contribution in [3.05, 3.63) is 41.0 Å². The fraction of sp³-hybridized carbons (Fsp3) is 0.471. The normalized spacial score (nSPS) is 16.7. The molecule has 0 atom stereocenters. The van der Waals surface area contributed by atoms with Crippen molar-refractivity contribution in [3.63, 3.8) is 0 Å². The molecule has 1 aliphatic heterocycles. The molecule has 1 saturated heterocycles. The molecule has 0 spiro atoms. The van der Waals surface area contributed by atoms with Crippen LogP contribution in [-0.4, -0.2) is 35.6 Å². The van der Waals surface area contributed by atoms with Crippen LogP contribution in [0.1, 0.15) is 25.3 Å². The summed E-state index contributed by atoms with van der Waals surface area (Å²) in [5.41, 5.74) is 2.10. The second kappa shape index (κ2) is 6.73. The van der Waals surface area contributed by atoms with Gasteiger partial charge in [0.2, 0.25) is 0 Å². The van der Waals surface area contributed by atoms with Gasteiger partial charge in [-0.15, -0.1) is 0 Å². The Morgan fingerprint density at radius 3 is 2.81 bits per heavy atom. The molecule has 1 aliphatic rings. The maximum absolute atomic E-state index is 6.39. The molecule has 4 heteroatoms. The average molecular weight is 304 g/mol. The van der Waals surface area contributed by atoms with Gasteiger partial charge < -0.3 is 5.32 Å². The number of hydrogen-bond acceptors (Lipinski definition) is 3. The van der Waals surface area contributed by atoms with E-state index in [1.54, 1.807) is 0 Å². The average Bonchev–Trinajstić information content (AvgIpc) is 2.53. The third-order valence-electron chi connectivity index (χ3n) is 4.35. The molecular weight excluding hydrogens is 282 g/mol. The van der Waals surface area contributed by atoms with E-state index < -0.39 is 0 Å². The summed E-state index contributed by atoms with van der Waals surface area (Å²) in [4.78, 5) is 7.06. The Morgan fingerprint density at radius 1 is 1.29 bits per heavy atom. The number of pyridine rings is 1. The van der Waals surface area contributed by atoms with Crippen LogP contribution in [0.2, 0.25) is 5.15 Å². The van der Waals surface area contributed by atoms with Gasteiger partial charge in [-0.3, -0.25) is 4.90 Å². The van der Waals surface area contributed by atoms with Crippen LogP contribution in [0.5, 0.6) is 0 Å². The zero-order chi connectivity index (χ0) is 14.7. The summed E-state index contributed by atoms with van der Waals surface area (Å²) in [5.74, 6) is 0. The Labute approximate surface area is 131 Å². The van der Waals surface area contributed by atoms with Gasteiger partial charge in [-0.2, -0.15) is 0 Å². The van der Waals surface area contributed by atoms with Crippen LogP contribution in [0.25, 0.3) is 10.9 Å². The topological polar surface area (TPSA) is 28.2 Å². The van der Waals surface area contributed by atoms with E-state index in [1.807, 2.05) is 18.2 Å². The van der Waals surface area contributed by atoms with E-state index in [1.165, 1.54) is 18.2 Å². The van der Waals surface area contributed by atoms with Gasteiger partial charge in [-0.1, -0.05) is 36.7 Å². The van der Waals surface area contributed by atoms with Gasteiger partial charge >= 0.3 is 0 Å². The predicted molar refractivity (Wildman–Crippen MR) is 88.7 cm³/mol. The third kappa shape index (κ3) is 3.37. The second-order valence-electron chi connectivity index (χ2n) is 5.68. The molecular formula is C17H22ClN3. The molecule has 0 bridgehead atoms. The van der Waals surface area contributed by atoms with Gasteiger partial charge in [-0.05, 0) is 44.6 Å². The number of hydrogen-bond donors (Lipinski definition) is 1. The molecule has 2 heterocycles. The van der Waals surface area contributed by atoms with Crippen molar-refractivity contribution in [1.82, 2.24) is 15.2 Å². The number of benzene rings is 1. The number of para-hydroxylation sites is 1. The molecule has 1 aromatic carbocycles. The van der Waals surface area contributed by atoms with E-state index in [-0.39, 0.29) is 0 Å². The van der Waals surface area contributed by atoms with Gasteiger partial charge in [0.1, 0.15) is 5.15 Å². The molecule has 3 nitrogen and oxygen atoms in total. The van der Waals surface area contributed by atoms with Crippen LogP contribution < -0.4 is 5.32 Å². The summed E-state index contributed by atoms with van der Waals surface area (Å²) in [7, 11) is 0. The fourth-order valence-corrected chi connectivity index (χ4v) is 3.34. The zero-order valence-electron chi connectivity index (χ0n) is 12.5. The maximum Gasteiger partial charge on any atom is 0.134 e. The van der Waals surface area contributed by atoms with Crippen molar-refractivity contribution in [2.75, 3.05) is 19.6 Å². The van der Waals surface area contributed by atoms with Gasteiger partial charge in [0.15, 0.2) is 0 Å². The summed E-state index contributed by atoms with van der Waals surface area (Å²) in [6.07, 6.45) is 2.43. The number of rotatable bonds is 4. The highest BCUT2D eigenvalue weighted by Crippen LogP contribution is 2.23. The van der Waals surface area contributed by atoms with Crippen LogP contribution in [0.3, 0.4) is 0 Å². The molecule has 0 amide bonds. The first kappa shape index (κ1) is 14.8. The minimum Gasteiger partial charge on any atom is -0.317 e. The predicted octanol–water partition coefficient (Wildman–Crippen LogP) is 3.46. The van der Waals surface area contributed by atoms with Gasteiger partial charge in [-0.25, -0.2) is 4.98 Å². The van der Waals surface area contributed by atoms with Gasteiger partial charge in [0.05, 0.1) is 5.52 Å². The number of piperidine rings is 1. The van der Waals surface area contributed by atoms with Gasteiger partial charge in [0.25, 0.3) is 0 Å². The SMILES string of the molecule is CCN(Cc1cc2ccccc2nc1Cl)C1CCNCC1. The Bertz CT molecular complexity index is 608. The van der Waals surface area contributed by atoms with Gasteiger partial charge in [0, 0.05) is 23.5 Å². The smallest absolute Gasteiger partial charge is 0.134 e. The lowest BCUT2D eigenvalue weighted by Gasteiger charge is -2.34. The molecule has 1 N–H and O–H groups in total. The van der Waals surface area contributed by atoms with Crippen LogP contribution >= 0.6 is 11.6 Å². The number of fused-ring (bicyclic) bond motifs is 1. The van der Waals surface area contributed by atoms with Crippen LogP contribution in [0.4, 0.5) is 0 Å². The second-order valence-corrected chi connectivity index (χ2v) is 6.03. The summed E-state index contributed by atoms with van der Waals surface area (Å²) < 4.78 is 0. The first-order chi connectivity index (χ1) is 10.3. The summed E-state index contributed by atoms with van der Waals surface area (Å²) in [6.45, 7) is 6.39. The van der Waals surface area contributed by atoms with E-state index in [0.29, 0.717) is 11.2 Å². The van der Waals surface area contributed by atoms with Crippen LogP contribution in [0, 0.1) is 0 Å². The molecule has 1 fully saturated rings. The lowest BCUT2D eigenvalue weighted by molar-refractivity contribution is 0.162. The van der Waals surface area contributed by atoms with Crippen molar-refractivity contribution < 1.29 is 0 Å². The van der Waals surface area contributed by atoms with Crippen LogP contribution in [0.15, 0.2) is 30.3 Å². The van der Waals surface area contributed by atoms with E-state index in [9.17, 15) is 0 Å².